The second kappa shape index (κ2) is 6.74. The van der Waals surface area contributed by atoms with Crippen molar-refractivity contribution in [3.05, 3.63) is 24.5 Å². The predicted molar refractivity (Wildman–Crippen MR) is 85.7 cm³/mol. The van der Waals surface area contributed by atoms with Gasteiger partial charge in [0, 0.05) is 58.0 Å². The van der Waals surface area contributed by atoms with Crippen molar-refractivity contribution < 1.29 is 14.3 Å². The highest BCUT2D eigenvalue weighted by Crippen LogP contribution is 2.42. The highest BCUT2D eigenvalue weighted by Gasteiger charge is 2.53. The molecular weight excluding hydrogens is 294 g/mol. The van der Waals surface area contributed by atoms with E-state index in [-0.39, 0.29) is 17.7 Å². The lowest BCUT2D eigenvalue weighted by Gasteiger charge is -2.36. The number of aromatic nitrogens is 1. The third-order valence-electron chi connectivity index (χ3n) is 5.21. The molecule has 2 saturated heterocycles. The summed E-state index contributed by atoms with van der Waals surface area (Å²) in [6, 6.07) is 3.97. The van der Waals surface area contributed by atoms with E-state index in [9.17, 15) is 9.59 Å². The molecule has 1 N–H and O–H groups in total. The number of nitrogens with one attached hydrogen (secondary N) is 1. The first-order valence-electron chi connectivity index (χ1n) is 8.34. The van der Waals surface area contributed by atoms with Crippen molar-refractivity contribution in [2.75, 3.05) is 33.4 Å². The largest absolute Gasteiger partial charge is 0.381 e. The first kappa shape index (κ1) is 16.1. The van der Waals surface area contributed by atoms with E-state index in [1.54, 1.807) is 7.05 Å². The Kier molecular flexibility index (Phi) is 4.71. The Labute approximate surface area is 136 Å². The smallest absolute Gasteiger partial charge is 0.228 e. The summed E-state index contributed by atoms with van der Waals surface area (Å²) in [7, 11) is 1.67. The van der Waals surface area contributed by atoms with Gasteiger partial charge in [-0.1, -0.05) is 0 Å². The molecule has 0 aliphatic carbocycles. The van der Waals surface area contributed by atoms with Gasteiger partial charge in [-0.25, -0.2) is 0 Å². The van der Waals surface area contributed by atoms with Crippen LogP contribution < -0.4 is 5.32 Å². The molecular formula is C17H25N3O3. The Bertz CT molecular complexity index is 557. The monoisotopic (exact) mass is 319 g/mol. The van der Waals surface area contributed by atoms with Crippen LogP contribution in [0.4, 0.5) is 0 Å². The van der Waals surface area contributed by atoms with Crippen LogP contribution in [0.25, 0.3) is 0 Å². The quantitative estimate of drug-likeness (QED) is 0.876. The number of nitrogens with zero attached hydrogens (tertiary/aromatic N) is 2. The van der Waals surface area contributed by atoms with Gasteiger partial charge >= 0.3 is 0 Å². The molecule has 0 unspecified atom stereocenters. The average Bonchev–Trinajstić information content (AvgIpc) is 3.21. The van der Waals surface area contributed by atoms with E-state index in [1.165, 1.54) is 0 Å². The number of carbonyl (C=O) groups is 2. The minimum atomic E-state index is -0.455. The molecule has 0 saturated carbocycles. The number of fused-ring (bicyclic) bond motifs is 1. The Morgan fingerprint density at radius 1 is 1.35 bits per heavy atom. The maximum Gasteiger partial charge on any atom is 0.228 e. The zero-order valence-electron chi connectivity index (χ0n) is 13.7. The molecule has 2 aliphatic rings. The van der Waals surface area contributed by atoms with Crippen LogP contribution in [0.1, 0.15) is 19.3 Å². The summed E-state index contributed by atoms with van der Waals surface area (Å²) in [5, 5.41) is 2.78. The van der Waals surface area contributed by atoms with Crippen molar-refractivity contribution in [2.45, 2.75) is 25.8 Å². The third-order valence-corrected chi connectivity index (χ3v) is 5.21. The fourth-order valence-corrected chi connectivity index (χ4v) is 3.85. The van der Waals surface area contributed by atoms with Gasteiger partial charge in [0.2, 0.25) is 11.8 Å². The van der Waals surface area contributed by atoms with Gasteiger partial charge in [-0.05, 0) is 25.0 Å². The van der Waals surface area contributed by atoms with Crippen molar-refractivity contribution in [1.29, 1.82) is 0 Å². The van der Waals surface area contributed by atoms with Crippen LogP contribution in [0.2, 0.25) is 0 Å². The first-order chi connectivity index (χ1) is 11.2. The molecule has 1 aromatic heterocycles. The highest BCUT2D eigenvalue weighted by molar-refractivity contribution is 5.85. The minimum Gasteiger partial charge on any atom is -0.381 e. The zero-order valence-corrected chi connectivity index (χ0v) is 13.7. The molecule has 0 aromatic carbocycles. The molecule has 6 nitrogen and oxygen atoms in total. The summed E-state index contributed by atoms with van der Waals surface area (Å²) in [6.07, 6.45) is 6.05. The summed E-state index contributed by atoms with van der Waals surface area (Å²) in [5.74, 6) is 0.313. The number of carbonyl (C=O) groups excluding carboxylic acids is 2. The third kappa shape index (κ3) is 3.13. The van der Waals surface area contributed by atoms with Crippen LogP contribution >= 0.6 is 0 Å². The lowest BCUT2D eigenvalue weighted by molar-refractivity contribution is -0.139. The zero-order chi connectivity index (χ0) is 16.3. The van der Waals surface area contributed by atoms with Gasteiger partial charge in [0.05, 0.1) is 12.0 Å². The molecule has 1 aromatic rings. The Hall–Kier alpha value is -1.82. The molecule has 2 fully saturated rings. The molecule has 126 valence electrons. The summed E-state index contributed by atoms with van der Waals surface area (Å²) >= 11 is 0. The number of amides is 2. The predicted octanol–water partition coefficient (Wildman–Crippen LogP) is 0.879. The number of ether oxygens (including phenoxy) is 1. The molecule has 2 amide bonds. The van der Waals surface area contributed by atoms with Gasteiger partial charge in [0.25, 0.3) is 0 Å². The van der Waals surface area contributed by atoms with Crippen LogP contribution in [-0.4, -0.2) is 54.6 Å². The summed E-state index contributed by atoms with van der Waals surface area (Å²) in [6.45, 7) is 3.18. The summed E-state index contributed by atoms with van der Waals surface area (Å²) in [5.41, 5.74) is -0.455. The van der Waals surface area contributed by atoms with E-state index in [0.717, 1.165) is 13.0 Å². The van der Waals surface area contributed by atoms with Crippen molar-refractivity contribution in [3.8, 4) is 0 Å². The fraction of sp³-hybridized carbons (Fsp3) is 0.647. The van der Waals surface area contributed by atoms with E-state index in [4.69, 9.17) is 4.74 Å². The van der Waals surface area contributed by atoms with E-state index in [2.05, 4.69) is 9.88 Å². The molecule has 3 heterocycles. The maximum absolute atomic E-state index is 12.5. The standard InChI is InChI=1S/C17H25N3O3/c1-18-16(22)17-6-10-23-12-14(17)11-20(13-17)15(21)5-4-9-19-7-2-3-8-19/h2-3,7-8,14H,4-6,9-13H2,1H3,(H,18,22)/t14-,17+/m1/s1. The van der Waals surface area contributed by atoms with E-state index >= 15 is 0 Å². The van der Waals surface area contributed by atoms with E-state index in [1.807, 2.05) is 29.4 Å². The number of hydrogen-bond donors (Lipinski definition) is 1. The number of likely N-dealkylation sites (tertiary alicyclic amines) is 1. The van der Waals surface area contributed by atoms with E-state index < -0.39 is 5.41 Å². The van der Waals surface area contributed by atoms with Gasteiger partial charge in [0.15, 0.2) is 0 Å². The van der Waals surface area contributed by atoms with Crippen LogP contribution in [0.5, 0.6) is 0 Å². The van der Waals surface area contributed by atoms with E-state index in [0.29, 0.717) is 39.1 Å². The van der Waals surface area contributed by atoms with Crippen molar-refractivity contribution in [2.24, 2.45) is 11.3 Å². The van der Waals surface area contributed by atoms with Crippen LogP contribution in [-0.2, 0) is 20.9 Å². The molecule has 0 spiro atoms. The number of rotatable bonds is 5. The van der Waals surface area contributed by atoms with Gasteiger partial charge in [-0.15, -0.1) is 0 Å². The van der Waals surface area contributed by atoms with Crippen molar-refractivity contribution in [1.82, 2.24) is 14.8 Å². The Morgan fingerprint density at radius 3 is 2.87 bits per heavy atom. The lowest BCUT2D eigenvalue weighted by Crippen LogP contribution is -2.49. The maximum atomic E-state index is 12.5. The Morgan fingerprint density at radius 2 is 2.13 bits per heavy atom. The SMILES string of the molecule is CNC(=O)[C@]12CCOC[C@H]1CN(C(=O)CCCn1cccc1)C2. The van der Waals surface area contributed by atoms with Gasteiger partial charge in [0.1, 0.15) is 0 Å². The molecule has 6 heteroatoms. The van der Waals surface area contributed by atoms with Crippen LogP contribution in [0, 0.1) is 11.3 Å². The van der Waals surface area contributed by atoms with Crippen molar-refractivity contribution in [3.63, 3.8) is 0 Å². The Balaban J connectivity index is 1.58. The molecule has 3 rings (SSSR count). The summed E-state index contributed by atoms with van der Waals surface area (Å²) < 4.78 is 7.62. The van der Waals surface area contributed by atoms with Gasteiger partial charge in [-0.3, -0.25) is 9.59 Å². The number of aryl methyl sites for hydroxylation is 1. The molecule has 23 heavy (non-hydrogen) atoms. The fourth-order valence-electron chi connectivity index (χ4n) is 3.85. The molecule has 2 aliphatic heterocycles. The van der Waals surface area contributed by atoms with Crippen LogP contribution in [0.3, 0.4) is 0 Å². The summed E-state index contributed by atoms with van der Waals surface area (Å²) in [4.78, 5) is 26.8. The molecule has 0 bridgehead atoms. The van der Waals surface area contributed by atoms with Gasteiger partial charge in [-0.2, -0.15) is 0 Å². The molecule has 0 radical (unpaired) electrons. The highest BCUT2D eigenvalue weighted by atomic mass is 16.5. The topological polar surface area (TPSA) is 63.6 Å². The lowest BCUT2D eigenvalue weighted by atomic mass is 9.73. The molecule has 2 atom stereocenters. The minimum absolute atomic E-state index is 0.0495. The average molecular weight is 319 g/mol. The second-order valence-electron chi connectivity index (χ2n) is 6.56. The second-order valence-corrected chi connectivity index (χ2v) is 6.56. The number of hydrogen-bond acceptors (Lipinski definition) is 3. The van der Waals surface area contributed by atoms with Gasteiger partial charge < -0.3 is 19.5 Å². The van der Waals surface area contributed by atoms with Crippen molar-refractivity contribution >= 4 is 11.8 Å². The normalized spacial score (nSPS) is 26.8. The van der Waals surface area contributed by atoms with Crippen LogP contribution in [0.15, 0.2) is 24.5 Å². The first-order valence-corrected chi connectivity index (χ1v) is 8.34.